The molecular formula is C37H44N2. The van der Waals surface area contributed by atoms with Crippen LogP contribution in [-0.4, -0.2) is 0 Å². The van der Waals surface area contributed by atoms with Crippen LogP contribution in [0.1, 0.15) is 91.0 Å². The summed E-state index contributed by atoms with van der Waals surface area (Å²) >= 11 is 0. The van der Waals surface area contributed by atoms with Gasteiger partial charge in [0.15, 0.2) is 0 Å². The summed E-state index contributed by atoms with van der Waals surface area (Å²) in [4.78, 5) is 0. The van der Waals surface area contributed by atoms with Crippen molar-refractivity contribution < 1.29 is 0 Å². The Morgan fingerprint density at radius 2 is 0.974 bits per heavy atom. The van der Waals surface area contributed by atoms with Gasteiger partial charge in [0.2, 0.25) is 0 Å². The van der Waals surface area contributed by atoms with Crippen LogP contribution in [0.5, 0.6) is 0 Å². The predicted molar refractivity (Wildman–Crippen MR) is 167 cm³/mol. The summed E-state index contributed by atoms with van der Waals surface area (Å²) in [7, 11) is 0. The topological polar surface area (TPSA) is 52.0 Å². The van der Waals surface area contributed by atoms with Crippen molar-refractivity contribution in [2.45, 2.75) is 77.6 Å². The summed E-state index contributed by atoms with van der Waals surface area (Å²) in [5.74, 6) is 0.799. The minimum atomic E-state index is 0.0940. The first-order valence-corrected chi connectivity index (χ1v) is 14.8. The average Bonchev–Trinajstić information content (AvgIpc) is 2.96. The summed E-state index contributed by atoms with van der Waals surface area (Å²) in [6.07, 6.45) is 8.80. The van der Waals surface area contributed by atoms with E-state index in [1.54, 1.807) is 0 Å². The normalized spacial score (nSPS) is 15.4. The van der Waals surface area contributed by atoms with Gasteiger partial charge in [0.1, 0.15) is 0 Å². The molecule has 0 aliphatic heterocycles. The minimum Gasteiger partial charge on any atom is -0.399 e. The van der Waals surface area contributed by atoms with E-state index in [4.69, 9.17) is 11.5 Å². The fourth-order valence-electron chi connectivity index (χ4n) is 6.50. The fraction of sp³-hybridized carbons (Fsp3) is 0.351. The molecule has 1 fully saturated rings. The molecule has 2 nitrogen and oxygen atoms in total. The van der Waals surface area contributed by atoms with Gasteiger partial charge < -0.3 is 11.5 Å². The van der Waals surface area contributed by atoms with E-state index < -0.39 is 0 Å². The van der Waals surface area contributed by atoms with Crippen LogP contribution in [0.25, 0.3) is 0 Å². The number of benzene rings is 4. The van der Waals surface area contributed by atoms with E-state index >= 15 is 0 Å². The molecule has 4 aromatic carbocycles. The second-order valence-corrected chi connectivity index (χ2v) is 11.8. The molecule has 0 atom stereocenters. The molecule has 0 amide bonds. The highest BCUT2D eigenvalue weighted by Gasteiger charge is 2.37. The number of nitrogens with two attached hydrogens (primary N) is 2. The Morgan fingerprint density at radius 1 is 0.590 bits per heavy atom. The maximum absolute atomic E-state index is 6.14. The van der Waals surface area contributed by atoms with Crippen molar-refractivity contribution in [2.75, 3.05) is 11.5 Å². The minimum absolute atomic E-state index is 0.0940. The molecule has 4 N–H and O–H groups in total. The maximum Gasteiger partial charge on any atom is 0.0346 e. The Hall–Kier alpha value is -3.52. The second-order valence-electron chi connectivity index (χ2n) is 11.8. The molecule has 0 spiro atoms. The molecule has 1 aliphatic carbocycles. The van der Waals surface area contributed by atoms with Crippen molar-refractivity contribution in [3.8, 4) is 0 Å². The SMILES string of the molecule is CCc1cc(Cc2ccc(C3(c4ccc(Cc5ccc(N)c(CC)c5)cc4)CCC(C)CC3)cc2)ccc1N. The summed E-state index contributed by atoms with van der Waals surface area (Å²) in [6, 6.07) is 32.0. The van der Waals surface area contributed by atoms with Gasteiger partial charge in [-0.2, -0.15) is 0 Å². The van der Waals surface area contributed by atoms with Gasteiger partial charge >= 0.3 is 0 Å². The maximum atomic E-state index is 6.14. The van der Waals surface area contributed by atoms with E-state index in [1.165, 1.54) is 70.2 Å². The van der Waals surface area contributed by atoms with E-state index in [2.05, 4.69) is 106 Å². The number of hydrogen-bond acceptors (Lipinski definition) is 2. The van der Waals surface area contributed by atoms with E-state index in [9.17, 15) is 0 Å². The van der Waals surface area contributed by atoms with Crippen molar-refractivity contribution in [1.29, 1.82) is 0 Å². The van der Waals surface area contributed by atoms with Crippen molar-refractivity contribution in [3.05, 3.63) is 129 Å². The van der Waals surface area contributed by atoms with Gasteiger partial charge in [0, 0.05) is 16.8 Å². The van der Waals surface area contributed by atoms with Gasteiger partial charge in [0.05, 0.1) is 0 Å². The quantitative estimate of drug-likeness (QED) is 0.230. The number of rotatable bonds is 8. The molecular weight excluding hydrogens is 472 g/mol. The van der Waals surface area contributed by atoms with Crippen LogP contribution in [0.4, 0.5) is 11.4 Å². The highest BCUT2D eigenvalue weighted by molar-refractivity contribution is 5.51. The third-order valence-corrected chi connectivity index (χ3v) is 9.13. The molecule has 0 heterocycles. The van der Waals surface area contributed by atoms with Crippen LogP contribution in [-0.2, 0) is 31.1 Å². The summed E-state index contributed by atoms with van der Waals surface area (Å²) < 4.78 is 0. The summed E-state index contributed by atoms with van der Waals surface area (Å²) in [5, 5.41) is 0. The van der Waals surface area contributed by atoms with Crippen LogP contribution in [0.15, 0.2) is 84.9 Å². The Balaban J connectivity index is 1.38. The van der Waals surface area contributed by atoms with Crippen LogP contribution < -0.4 is 11.5 Å². The number of nitrogen functional groups attached to an aromatic ring is 2. The molecule has 39 heavy (non-hydrogen) atoms. The number of anilines is 2. The lowest BCUT2D eigenvalue weighted by Crippen LogP contribution is -2.32. The molecule has 0 aromatic heterocycles. The first-order chi connectivity index (χ1) is 18.9. The third kappa shape index (κ3) is 5.91. The lowest BCUT2D eigenvalue weighted by molar-refractivity contribution is 0.280. The third-order valence-electron chi connectivity index (χ3n) is 9.13. The zero-order chi connectivity index (χ0) is 27.4. The fourth-order valence-corrected chi connectivity index (χ4v) is 6.50. The number of aryl methyl sites for hydroxylation is 2. The predicted octanol–water partition coefficient (Wildman–Crippen LogP) is 8.65. The van der Waals surface area contributed by atoms with Crippen LogP contribution >= 0.6 is 0 Å². The van der Waals surface area contributed by atoms with E-state index in [-0.39, 0.29) is 5.41 Å². The van der Waals surface area contributed by atoms with E-state index in [0.29, 0.717) is 0 Å². The molecule has 5 rings (SSSR count). The molecule has 0 bridgehead atoms. The molecule has 4 aromatic rings. The molecule has 1 aliphatic rings. The molecule has 0 saturated heterocycles. The van der Waals surface area contributed by atoms with Gasteiger partial charge in [-0.1, -0.05) is 93.6 Å². The first-order valence-electron chi connectivity index (χ1n) is 14.8. The summed E-state index contributed by atoms with van der Waals surface area (Å²) in [5.41, 5.74) is 24.9. The molecule has 1 saturated carbocycles. The van der Waals surface area contributed by atoms with E-state index in [1.807, 2.05) is 0 Å². The van der Waals surface area contributed by atoms with Crippen LogP contribution in [0.3, 0.4) is 0 Å². The van der Waals surface area contributed by atoms with Crippen LogP contribution in [0.2, 0.25) is 0 Å². The molecule has 0 unspecified atom stereocenters. The lowest BCUT2D eigenvalue weighted by atomic mass is 9.63. The Bertz CT molecular complexity index is 1290. The molecule has 202 valence electrons. The van der Waals surface area contributed by atoms with Crippen molar-refractivity contribution >= 4 is 11.4 Å². The Kier molecular flexibility index (Phi) is 8.12. The van der Waals surface area contributed by atoms with E-state index in [0.717, 1.165) is 43.0 Å². The standard InChI is InChI=1S/C37H44N2/c1-4-31-24-29(10-16-35(31)38)22-27-6-12-33(13-7-27)37(20-18-26(3)19-21-37)34-14-8-28(9-15-34)23-30-11-17-36(39)32(5-2)25-30/h6-17,24-26H,4-5,18-23,38-39H2,1-3H3. The highest BCUT2D eigenvalue weighted by Crippen LogP contribution is 2.46. The smallest absolute Gasteiger partial charge is 0.0346 e. The molecule has 2 heteroatoms. The zero-order valence-corrected chi connectivity index (χ0v) is 24.0. The first kappa shape index (κ1) is 27.1. The van der Waals surface area contributed by atoms with Crippen LogP contribution in [0, 0.1) is 5.92 Å². The monoisotopic (exact) mass is 516 g/mol. The Labute approximate surface area is 235 Å². The zero-order valence-electron chi connectivity index (χ0n) is 24.0. The Morgan fingerprint density at radius 3 is 1.36 bits per heavy atom. The van der Waals surface area contributed by atoms with Gasteiger partial charge in [-0.25, -0.2) is 0 Å². The average molecular weight is 517 g/mol. The van der Waals surface area contributed by atoms with Crippen molar-refractivity contribution in [3.63, 3.8) is 0 Å². The van der Waals surface area contributed by atoms with Crippen molar-refractivity contribution in [2.24, 2.45) is 5.92 Å². The van der Waals surface area contributed by atoms with Gasteiger partial charge in [-0.05, 0) is 114 Å². The summed E-state index contributed by atoms with van der Waals surface area (Å²) in [6.45, 7) is 6.74. The van der Waals surface area contributed by atoms with Gasteiger partial charge in [0.25, 0.3) is 0 Å². The highest BCUT2D eigenvalue weighted by atomic mass is 14.6. The lowest BCUT2D eigenvalue weighted by Gasteiger charge is -2.41. The van der Waals surface area contributed by atoms with Crippen molar-refractivity contribution in [1.82, 2.24) is 0 Å². The van der Waals surface area contributed by atoms with Gasteiger partial charge in [-0.3, -0.25) is 0 Å². The number of hydrogen-bond donors (Lipinski definition) is 2. The molecule has 0 radical (unpaired) electrons. The second kappa shape index (κ2) is 11.7. The van der Waals surface area contributed by atoms with Gasteiger partial charge in [-0.15, -0.1) is 0 Å². The largest absolute Gasteiger partial charge is 0.399 e.